The predicted octanol–water partition coefficient (Wildman–Crippen LogP) is 1.97. The lowest BCUT2D eigenvalue weighted by Crippen LogP contribution is -2.61. The van der Waals surface area contributed by atoms with Gasteiger partial charge in [0.05, 0.1) is 37.4 Å². The maximum absolute atomic E-state index is 11.4. The Morgan fingerprint density at radius 3 is 1.19 bits per heavy atom. The summed E-state index contributed by atoms with van der Waals surface area (Å²) in [7, 11) is 0. The van der Waals surface area contributed by atoms with Crippen LogP contribution in [0.1, 0.15) is 55.4 Å². The van der Waals surface area contributed by atoms with Crippen LogP contribution in [-0.2, 0) is 9.47 Å². The first-order chi connectivity index (χ1) is 11.6. The zero-order valence-corrected chi connectivity index (χ0v) is 17.1. The van der Waals surface area contributed by atoms with E-state index in [2.05, 4.69) is 0 Å². The molecule has 0 saturated carbocycles. The third-order valence-electron chi connectivity index (χ3n) is 4.12. The Labute approximate surface area is 156 Å². The van der Waals surface area contributed by atoms with Crippen molar-refractivity contribution in [2.75, 3.05) is 13.1 Å². The Morgan fingerprint density at radius 1 is 0.769 bits per heavy atom. The number of hydrogen-bond acceptors (Lipinski definition) is 6. The van der Waals surface area contributed by atoms with E-state index in [1.54, 1.807) is 13.8 Å². The molecule has 8 heteroatoms. The van der Waals surface area contributed by atoms with Gasteiger partial charge in [-0.2, -0.15) is 0 Å². The minimum atomic E-state index is -0.461. The topological polar surface area (TPSA) is 99.5 Å². The molecule has 0 aromatic heterocycles. The van der Waals surface area contributed by atoms with Crippen LogP contribution < -0.4 is 0 Å². The third-order valence-corrected chi connectivity index (χ3v) is 4.12. The molecule has 2 heterocycles. The number of ether oxygens (including phenoxy) is 2. The van der Waals surface area contributed by atoms with Crippen LogP contribution in [-0.4, -0.2) is 80.8 Å². The summed E-state index contributed by atoms with van der Waals surface area (Å²) in [6.07, 6.45) is -1.48. The van der Waals surface area contributed by atoms with Gasteiger partial charge in [0.15, 0.2) is 0 Å². The first-order valence-corrected chi connectivity index (χ1v) is 8.98. The Kier molecular flexibility index (Phi) is 6.92. The molecule has 0 spiro atoms. The molecular formula is C18H34N2O6. The van der Waals surface area contributed by atoms with Gasteiger partial charge in [0, 0.05) is 0 Å². The molecule has 2 rings (SSSR count). The second-order valence-corrected chi connectivity index (χ2v) is 8.88. The van der Waals surface area contributed by atoms with E-state index in [1.807, 2.05) is 41.5 Å². The fraction of sp³-hybridized carbons (Fsp3) is 0.889. The number of β-amino-alcohol motifs (C(OH)–C–C–N with tert-alkyl or cyclic N) is 2. The minimum absolute atomic E-state index is 0.116. The number of aliphatic hydroxyl groups is 2. The molecule has 2 N–H and O–H groups in total. The van der Waals surface area contributed by atoms with Crippen LogP contribution in [0.25, 0.3) is 0 Å². The Hall–Kier alpha value is -1.54. The molecule has 2 amide bonds. The average molecular weight is 374 g/mol. The van der Waals surface area contributed by atoms with Gasteiger partial charge >= 0.3 is 12.2 Å². The molecule has 26 heavy (non-hydrogen) atoms. The lowest BCUT2D eigenvalue weighted by molar-refractivity contribution is -0.0641. The van der Waals surface area contributed by atoms with Crippen LogP contribution >= 0.6 is 0 Å². The van der Waals surface area contributed by atoms with Crippen LogP contribution in [0.3, 0.4) is 0 Å². The lowest BCUT2D eigenvalue weighted by Gasteiger charge is -2.43. The Bertz CT molecular complexity index is 465. The molecular weight excluding hydrogens is 340 g/mol. The summed E-state index contributed by atoms with van der Waals surface area (Å²) in [6.45, 7) is 15.3. The van der Waals surface area contributed by atoms with Gasteiger partial charge in [0.2, 0.25) is 0 Å². The van der Waals surface area contributed by atoms with E-state index in [0.717, 1.165) is 0 Å². The number of carbonyl (C=O) groups is 2. The minimum Gasteiger partial charge on any atom is -0.444 e. The third kappa shape index (κ3) is 6.32. The predicted molar refractivity (Wildman–Crippen MR) is 96.8 cm³/mol. The van der Waals surface area contributed by atoms with Crippen LogP contribution in [0.2, 0.25) is 0 Å². The smallest absolute Gasteiger partial charge is 0.410 e. The summed E-state index contributed by atoms with van der Waals surface area (Å²) in [5.41, 5.74) is -0.922. The van der Waals surface area contributed by atoms with E-state index in [9.17, 15) is 19.8 Å². The summed E-state index contributed by atoms with van der Waals surface area (Å²) in [6, 6.07) is -0.232. The fourth-order valence-corrected chi connectivity index (χ4v) is 2.30. The van der Waals surface area contributed by atoms with Gasteiger partial charge in [-0.15, -0.1) is 0 Å². The van der Waals surface area contributed by atoms with E-state index in [4.69, 9.17) is 9.47 Å². The van der Waals surface area contributed by atoms with Crippen molar-refractivity contribution < 1.29 is 29.3 Å². The molecule has 2 saturated heterocycles. The summed E-state index contributed by atoms with van der Waals surface area (Å²) >= 11 is 0. The van der Waals surface area contributed by atoms with Gasteiger partial charge in [-0.25, -0.2) is 9.59 Å². The molecule has 0 aromatic rings. The van der Waals surface area contributed by atoms with Crippen molar-refractivity contribution >= 4 is 12.2 Å². The standard InChI is InChI=1S/2C9H17NO3/c2*1-6-7(11)5-10(6)8(12)13-9(2,3)4/h2*6-7,11H,5H2,1-4H3/t2*6-,7+/m10/s1. The molecule has 8 nitrogen and oxygen atoms in total. The Balaban J connectivity index is 0.000000260. The second-order valence-electron chi connectivity index (χ2n) is 8.88. The van der Waals surface area contributed by atoms with Crippen molar-refractivity contribution in [3.8, 4) is 0 Å². The van der Waals surface area contributed by atoms with E-state index in [0.29, 0.717) is 13.1 Å². The molecule has 0 radical (unpaired) electrons. The van der Waals surface area contributed by atoms with E-state index in [1.165, 1.54) is 9.80 Å². The van der Waals surface area contributed by atoms with Gasteiger partial charge in [0.25, 0.3) is 0 Å². The van der Waals surface area contributed by atoms with Gasteiger partial charge in [-0.3, -0.25) is 0 Å². The summed E-state index contributed by atoms with van der Waals surface area (Å²) < 4.78 is 10.3. The zero-order valence-electron chi connectivity index (χ0n) is 17.1. The monoisotopic (exact) mass is 374 g/mol. The van der Waals surface area contributed by atoms with Gasteiger partial charge in [-0.1, -0.05) is 0 Å². The van der Waals surface area contributed by atoms with Crippen molar-refractivity contribution in [1.29, 1.82) is 0 Å². The van der Waals surface area contributed by atoms with Crippen LogP contribution in [0.5, 0.6) is 0 Å². The number of carbonyl (C=O) groups excluding carboxylic acids is 2. The number of aliphatic hydroxyl groups excluding tert-OH is 2. The van der Waals surface area contributed by atoms with E-state index in [-0.39, 0.29) is 24.3 Å². The maximum atomic E-state index is 11.4. The SMILES string of the molecule is C[C@@H]1[C@@H](O)CN1C(=O)OC(C)(C)C.C[C@H]1[C@H](O)CN1C(=O)OC(C)(C)C. The fourth-order valence-electron chi connectivity index (χ4n) is 2.30. The van der Waals surface area contributed by atoms with Crippen molar-refractivity contribution in [1.82, 2.24) is 9.80 Å². The number of rotatable bonds is 0. The highest BCUT2D eigenvalue weighted by molar-refractivity contribution is 5.70. The molecule has 2 aliphatic rings. The van der Waals surface area contributed by atoms with Crippen molar-refractivity contribution in [3.05, 3.63) is 0 Å². The summed E-state index contributed by atoms with van der Waals surface area (Å²) in [5.74, 6) is 0. The summed E-state index contributed by atoms with van der Waals surface area (Å²) in [5, 5.41) is 18.4. The highest BCUT2D eigenvalue weighted by atomic mass is 16.6. The number of hydrogen-bond donors (Lipinski definition) is 2. The molecule has 4 atom stereocenters. The molecule has 2 aliphatic heterocycles. The molecule has 0 bridgehead atoms. The molecule has 0 aliphatic carbocycles. The average Bonchev–Trinajstić information content (AvgIpc) is 2.46. The Morgan fingerprint density at radius 2 is 1.04 bits per heavy atom. The summed E-state index contributed by atoms with van der Waals surface area (Å²) in [4.78, 5) is 25.8. The normalized spacial score (nSPS) is 28.2. The zero-order chi connectivity index (χ0) is 20.4. The lowest BCUT2D eigenvalue weighted by atomic mass is 10.0. The van der Waals surface area contributed by atoms with Crippen LogP contribution in [0, 0.1) is 0 Å². The maximum Gasteiger partial charge on any atom is 0.410 e. The first kappa shape index (κ1) is 22.5. The van der Waals surface area contributed by atoms with Gasteiger partial charge in [0.1, 0.15) is 11.2 Å². The molecule has 0 aromatic carbocycles. The van der Waals surface area contributed by atoms with Gasteiger partial charge < -0.3 is 29.5 Å². The highest BCUT2D eigenvalue weighted by Gasteiger charge is 2.40. The number of nitrogens with zero attached hydrogens (tertiary/aromatic N) is 2. The van der Waals surface area contributed by atoms with Gasteiger partial charge in [-0.05, 0) is 55.4 Å². The second kappa shape index (κ2) is 8.00. The quantitative estimate of drug-likeness (QED) is 0.672. The number of likely N-dealkylation sites (tertiary alicyclic amines) is 2. The van der Waals surface area contributed by atoms with Crippen molar-refractivity contribution in [2.45, 2.75) is 90.9 Å². The van der Waals surface area contributed by atoms with Crippen molar-refractivity contribution in [2.24, 2.45) is 0 Å². The first-order valence-electron chi connectivity index (χ1n) is 8.98. The van der Waals surface area contributed by atoms with E-state index >= 15 is 0 Å². The number of amides is 2. The largest absolute Gasteiger partial charge is 0.444 e. The van der Waals surface area contributed by atoms with Crippen LogP contribution in [0.15, 0.2) is 0 Å². The molecule has 0 unspecified atom stereocenters. The van der Waals surface area contributed by atoms with Crippen LogP contribution in [0.4, 0.5) is 9.59 Å². The molecule has 152 valence electrons. The highest BCUT2D eigenvalue weighted by Crippen LogP contribution is 2.21. The van der Waals surface area contributed by atoms with Crippen molar-refractivity contribution in [3.63, 3.8) is 0 Å². The van der Waals surface area contributed by atoms with E-state index < -0.39 is 23.4 Å². The molecule has 2 fully saturated rings.